The predicted molar refractivity (Wildman–Crippen MR) is 113 cm³/mol. The fraction of sp³-hybridized carbons (Fsp3) is 0.409. The van der Waals surface area contributed by atoms with E-state index in [0.29, 0.717) is 18.9 Å². The number of nitrogens with one attached hydrogen (secondary N) is 1. The Morgan fingerprint density at radius 3 is 2.30 bits per heavy atom. The number of carbonyl (C=O) groups is 1. The Balaban J connectivity index is 1.75. The van der Waals surface area contributed by atoms with Crippen molar-refractivity contribution in [3.63, 3.8) is 0 Å². The van der Waals surface area contributed by atoms with Gasteiger partial charge in [0.05, 0.1) is 11.0 Å². The number of carbonyl (C=O) groups excluding carboxylic acids is 1. The second kappa shape index (κ2) is 9.27. The summed E-state index contributed by atoms with van der Waals surface area (Å²) in [6.45, 7) is 11.3. The highest BCUT2D eigenvalue weighted by Crippen LogP contribution is 2.31. The van der Waals surface area contributed by atoms with Crippen LogP contribution in [0.2, 0.25) is 0 Å². The van der Waals surface area contributed by atoms with Crippen LogP contribution in [0.4, 0.5) is 0 Å². The van der Waals surface area contributed by atoms with Crippen LogP contribution in [-0.2, 0) is 10.2 Å². The van der Waals surface area contributed by atoms with Gasteiger partial charge in [0, 0.05) is 0 Å². The molecule has 0 aliphatic heterocycles. The highest BCUT2D eigenvalue weighted by atomic mass is 79.9. The summed E-state index contributed by atoms with van der Waals surface area (Å²) in [5.41, 5.74) is 3.58. The van der Waals surface area contributed by atoms with Crippen molar-refractivity contribution in [3.05, 3.63) is 57.6 Å². The van der Waals surface area contributed by atoms with Crippen LogP contribution in [0.5, 0.6) is 11.5 Å². The van der Waals surface area contributed by atoms with E-state index < -0.39 is 0 Å². The fourth-order valence-electron chi connectivity index (χ4n) is 2.65. The van der Waals surface area contributed by atoms with Gasteiger partial charge in [-0.15, -0.1) is 0 Å². The van der Waals surface area contributed by atoms with Crippen molar-refractivity contribution >= 4 is 21.8 Å². The molecule has 0 heterocycles. The molecule has 0 atom stereocenters. The SMILES string of the molecule is Cc1cc(C)cc(OCCNC(=O)COc2ccc(C(C)(C)C)cc2Br)c1. The van der Waals surface area contributed by atoms with Gasteiger partial charge in [0.15, 0.2) is 6.61 Å². The predicted octanol–water partition coefficient (Wildman–Crippen LogP) is 4.94. The number of halogens is 1. The lowest BCUT2D eigenvalue weighted by Gasteiger charge is -2.20. The zero-order chi connectivity index (χ0) is 20.0. The number of amides is 1. The largest absolute Gasteiger partial charge is 0.492 e. The zero-order valence-electron chi connectivity index (χ0n) is 16.7. The summed E-state index contributed by atoms with van der Waals surface area (Å²) in [6, 6.07) is 12.0. The van der Waals surface area contributed by atoms with Crippen molar-refractivity contribution in [1.29, 1.82) is 0 Å². The first-order valence-electron chi connectivity index (χ1n) is 9.06. The molecule has 0 aliphatic carbocycles. The maximum atomic E-state index is 12.0. The molecule has 0 saturated carbocycles. The van der Waals surface area contributed by atoms with E-state index in [4.69, 9.17) is 9.47 Å². The van der Waals surface area contributed by atoms with E-state index in [1.54, 1.807) is 0 Å². The van der Waals surface area contributed by atoms with Crippen molar-refractivity contribution < 1.29 is 14.3 Å². The molecule has 0 bridgehead atoms. The van der Waals surface area contributed by atoms with Gasteiger partial charge in [-0.05, 0) is 76.1 Å². The molecule has 1 amide bonds. The Labute approximate surface area is 170 Å². The van der Waals surface area contributed by atoms with Crippen LogP contribution in [0.3, 0.4) is 0 Å². The van der Waals surface area contributed by atoms with Crippen LogP contribution in [0, 0.1) is 13.8 Å². The van der Waals surface area contributed by atoms with Gasteiger partial charge in [0.25, 0.3) is 5.91 Å². The summed E-state index contributed by atoms with van der Waals surface area (Å²) < 4.78 is 12.1. The molecule has 5 heteroatoms. The summed E-state index contributed by atoms with van der Waals surface area (Å²) in [6.07, 6.45) is 0. The van der Waals surface area contributed by atoms with E-state index in [1.807, 2.05) is 44.2 Å². The van der Waals surface area contributed by atoms with E-state index in [2.05, 4.69) is 48.1 Å². The Morgan fingerprint density at radius 1 is 1.04 bits per heavy atom. The topological polar surface area (TPSA) is 47.6 Å². The minimum atomic E-state index is -0.175. The molecule has 1 N–H and O–H groups in total. The first-order chi connectivity index (χ1) is 12.6. The van der Waals surface area contributed by atoms with Gasteiger partial charge >= 0.3 is 0 Å². The molecule has 4 nitrogen and oxygen atoms in total. The maximum absolute atomic E-state index is 12.0. The van der Waals surface area contributed by atoms with E-state index in [0.717, 1.165) is 21.3 Å². The van der Waals surface area contributed by atoms with E-state index in [9.17, 15) is 4.79 Å². The highest BCUT2D eigenvalue weighted by Gasteiger charge is 2.15. The van der Waals surface area contributed by atoms with Crippen molar-refractivity contribution in [2.45, 2.75) is 40.0 Å². The molecule has 146 valence electrons. The van der Waals surface area contributed by atoms with Gasteiger partial charge < -0.3 is 14.8 Å². The third-order valence-electron chi connectivity index (χ3n) is 4.04. The molecule has 2 aromatic carbocycles. The molecule has 0 saturated heterocycles. The molecule has 0 aliphatic rings. The minimum Gasteiger partial charge on any atom is -0.492 e. The second-order valence-corrected chi connectivity index (χ2v) is 8.56. The van der Waals surface area contributed by atoms with Gasteiger partial charge in [-0.1, -0.05) is 32.9 Å². The molecular formula is C22H28BrNO3. The van der Waals surface area contributed by atoms with Gasteiger partial charge in [-0.3, -0.25) is 4.79 Å². The van der Waals surface area contributed by atoms with Crippen molar-refractivity contribution in [1.82, 2.24) is 5.32 Å². The van der Waals surface area contributed by atoms with Crippen LogP contribution in [-0.4, -0.2) is 25.7 Å². The van der Waals surface area contributed by atoms with Crippen molar-refractivity contribution in [2.75, 3.05) is 19.8 Å². The Morgan fingerprint density at radius 2 is 1.70 bits per heavy atom. The molecule has 0 spiro atoms. The average Bonchev–Trinajstić information content (AvgIpc) is 2.56. The number of hydrogen-bond donors (Lipinski definition) is 1. The fourth-order valence-corrected chi connectivity index (χ4v) is 3.15. The van der Waals surface area contributed by atoms with E-state index in [1.165, 1.54) is 5.56 Å². The Hall–Kier alpha value is -2.01. The number of benzene rings is 2. The van der Waals surface area contributed by atoms with Gasteiger partial charge in [-0.2, -0.15) is 0 Å². The summed E-state index contributed by atoms with van der Waals surface area (Å²) in [7, 11) is 0. The van der Waals surface area contributed by atoms with Crippen LogP contribution in [0.15, 0.2) is 40.9 Å². The second-order valence-electron chi connectivity index (χ2n) is 7.71. The van der Waals surface area contributed by atoms with Crippen LogP contribution >= 0.6 is 15.9 Å². The summed E-state index contributed by atoms with van der Waals surface area (Å²) >= 11 is 3.51. The van der Waals surface area contributed by atoms with Crippen LogP contribution in [0.1, 0.15) is 37.5 Å². The molecule has 0 fully saturated rings. The average molecular weight is 434 g/mol. The number of aryl methyl sites for hydroxylation is 2. The number of hydrogen-bond acceptors (Lipinski definition) is 3. The lowest BCUT2D eigenvalue weighted by atomic mass is 9.87. The monoisotopic (exact) mass is 433 g/mol. The van der Waals surface area contributed by atoms with Crippen molar-refractivity contribution in [2.24, 2.45) is 0 Å². The lowest BCUT2D eigenvalue weighted by molar-refractivity contribution is -0.123. The summed E-state index contributed by atoms with van der Waals surface area (Å²) in [5.74, 6) is 1.30. The summed E-state index contributed by atoms with van der Waals surface area (Å²) in [4.78, 5) is 12.0. The molecule has 0 unspecified atom stereocenters. The Kier molecular flexibility index (Phi) is 7.31. The quantitative estimate of drug-likeness (QED) is 0.629. The minimum absolute atomic E-state index is 0.0307. The Bertz CT molecular complexity index is 776. The van der Waals surface area contributed by atoms with Crippen LogP contribution < -0.4 is 14.8 Å². The lowest BCUT2D eigenvalue weighted by Crippen LogP contribution is -2.32. The molecule has 2 rings (SSSR count). The molecule has 2 aromatic rings. The molecule has 27 heavy (non-hydrogen) atoms. The first kappa shape index (κ1) is 21.3. The van der Waals surface area contributed by atoms with E-state index >= 15 is 0 Å². The molecule has 0 radical (unpaired) electrons. The van der Waals surface area contributed by atoms with Crippen LogP contribution in [0.25, 0.3) is 0 Å². The third kappa shape index (κ3) is 6.90. The molecular weight excluding hydrogens is 406 g/mol. The highest BCUT2D eigenvalue weighted by molar-refractivity contribution is 9.10. The standard InChI is InChI=1S/C22H28BrNO3/c1-15-10-16(2)12-18(11-15)26-9-8-24-21(25)14-27-20-7-6-17(13-19(20)23)22(3,4)5/h6-7,10-13H,8-9,14H2,1-5H3,(H,24,25). The van der Waals surface area contributed by atoms with Gasteiger partial charge in [-0.25, -0.2) is 0 Å². The number of ether oxygens (including phenoxy) is 2. The smallest absolute Gasteiger partial charge is 0.258 e. The van der Waals surface area contributed by atoms with E-state index in [-0.39, 0.29) is 17.9 Å². The zero-order valence-corrected chi connectivity index (χ0v) is 18.3. The third-order valence-corrected chi connectivity index (χ3v) is 4.66. The first-order valence-corrected chi connectivity index (χ1v) is 9.85. The summed E-state index contributed by atoms with van der Waals surface area (Å²) in [5, 5.41) is 2.80. The normalized spacial score (nSPS) is 11.2. The maximum Gasteiger partial charge on any atom is 0.258 e. The van der Waals surface area contributed by atoms with Gasteiger partial charge in [0.2, 0.25) is 0 Å². The number of rotatable bonds is 7. The van der Waals surface area contributed by atoms with Gasteiger partial charge in [0.1, 0.15) is 18.1 Å². The molecule has 0 aromatic heterocycles. The van der Waals surface area contributed by atoms with Crippen molar-refractivity contribution in [3.8, 4) is 11.5 Å².